The van der Waals surface area contributed by atoms with Crippen molar-refractivity contribution in [3.8, 4) is 5.75 Å². The van der Waals surface area contributed by atoms with E-state index in [-0.39, 0.29) is 5.41 Å². The van der Waals surface area contributed by atoms with Gasteiger partial charge in [-0.15, -0.1) is 11.3 Å². The van der Waals surface area contributed by atoms with Crippen LogP contribution in [0.5, 0.6) is 5.75 Å². The summed E-state index contributed by atoms with van der Waals surface area (Å²) >= 11 is 1.64. The van der Waals surface area contributed by atoms with Crippen LogP contribution in [0.15, 0.2) is 23.7 Å². The minimum Gasteiger partial charge on any atom is -0.485 e. The summed E-state index contributed by atoms with van der Waals surface area (Å²) in [5, 5.41) is 6.35. The molecule has 0 aliphatic heterocycles. The smallest absolute Gasteiger partial charge is 0.140 e. The number of thiazole rings is 1. The normalized spacial score (nSPS) is 11.6. The molecule has 0 fully saturated rings. The van der Waals surface area contributed by atoms with Crippen LogP contribution in [0.25, 0.3) is 0 Å². The van der Waals surface area contributed by atoms with Gasteiger partial charge in [0, 0.05) is 17.3 Å². The van der Waals surface area contributed by atoms with Crippen molar-refractivity contribution in [2.24, 2.45) is 0 Å². The molecular weight excluding hydrogens is 282 g/mol. The Kier molecular flexibility index (Phi) is 5.31. The average molecular weight is 305 g/mol. The number of ether oxygens (including phenoxy) is 1. The molecule has 0 bridgehead atoms. The highest BCUT2D eigenvalue weighted by molar-refractivity contribution is 7.09. The summed E-state index contributed by atoms with van der Waals surface area (Å²) in [6, 6.07) is 3.94. The molecule has 1 N–H and O–H groups in total. The van der Waals surface area contributed by atoms with Crippen molar-refractivity contribution in [3.05, 3.63) is 40.1 Å². The first kappa shape index (κ1) is 15.9. The molecule has 0 spiro atoms. The van der Waals surface area contributed by atoms with E-state index in [9.17, 15) is 0 Å². The second kappa shape index (κ2) is 7.00. The molecule has 0 atom stereocenters. The van der Waals surface area contributed by atoms with E-state index in [1.807, 2.05) is 12.1 Å². The summed E-state index contributed by atoms with van der Waals surface area (Å²) in [5.74, 6) is 0.780. The summed E-state index contributed by atoms with van der Waals surface area (Å²) in [4.78, 5) is 8.99. The lowest BCUT2D eigenvalue weighted by Gasteiger charge is -2.14. The molecular formula is C16H23N3OS. The van der Waals surface area contributed by atoms with Gasteiger partial charge < -0.3 is 10.1 Å². The molecule has 2 aromatic heterocycles. The molecule has 4 nitrogen and oxygen atoms in total. The molecule has 0 aromatic carbocycles. The topological polar surface area (TPSA) is 47.0 Å². The van der Waals surface area contributed by atoms with E-state index in [1.165, 1.54) is 0 Å². The van der Waals surface area contributed by atoms with Gasteiger partial charge in [0.1, 0.15) is 17.4 Å². The van der Waals surface area contributed by atoms with E-state index in [2.05, 4.69) is 48.4 Å². The first-order chi connectivity index (χ1) is 9.99. The predicted molar refractivity (Wildman–Crippen MR) is 86.8 cm³/mol. The lowest BCUT2D eigenvalue weighted by molar-refractivity contribution is 0.303. The Labute approximate surface area is 130 Å². The summed E-state index contributed by atoms with van der Waals surface area (Å²) in [7, 11) is 0. The van der Waals surface area contributed by atoms with Crippen LogP contribution in [0.3, 0.4) is 0 Å². The molecule has 0 saturated carbocycles. The number of hydrogen-bond donors (Lipinski definition) is 1. The molecule has 0 saturated heterocycles. The monoisotopic (exact) mass is 305 g/mol. The van der Waals surface area contributed by atoms with E-state index in [1.54, 1.807) is 17.5 Å². The van der Waals surface area contributed by atoms with E-state index in [0.717, 1.165) is 35.2 Å². The van der Waals surface area contributed by atoms with Crippen LogP contribution in [-0.2, 0) is 18.6 Å². The Morgan fingerprint density at radius 1 is 1.29 bits per heavy atom. The van der Waals surface area contributed by atoms with Gasteiger partial charge in [-0.25, -0.2) is 4.98 Å². The maximum absolute atomic E-state index is 5.74. The van der Waals surface area contributed by atoms with Crippen LogP contribution in [0.1, 0.15) is 44.1 Å². The van der Waals surface area contributed by atoms with Crippen LogP contribution < -0.4 is 10.1 Å². The van der Waals surface area contributed by atoms with Gasteiger partial charge in [-0.05, 0) is 18.7 Å². The Morgan fingerprint density at radius 3 is 2.67 bits per heavy atom. The number of pyridine rings is 1. The molecule has 0 unspecified atom stereocenters. The van der Waals surface area contributed by atoms with Crippen molar-refractivity contribution in [2.75, 3.05) is 6.54 Å². The van der Waals surface area contributed by atoms with Crippen molar-refractivity contribution in [1.82, 2.24) is 15.3 Å². The van der Waals surface area contributed by atoms with Crippen molar-refractivity contribution < 1.29 is 4.74 Å². The molecule has 114 valence electrons. The third-order valence-electron chi connectivity index (χ3n) is 3.04. The fourth-order valence-electron chi connectivity index (χ4n) is 1.72. The highest BCUT2D eigenvalue weighted by atomic mass is 32.1. The highest BCUT2D eigenvalue weighted by Gasteiger charge is 2.17. The molecule has 21 heavy (non-hydrogen) atoms. The zero-order valence-electron chi connectivity index (χ0n) is 13.1. The number of rotatable bonds is 6. The minimum absolute atomic E-state index is 0.0875. The average Bonchev–Trinajstić information content (AvgIpc) is 2.93. The van der Waals surface area contributed by atoms with Crippen LogP contribution in [0.4, 0.5) is 0 Å². The third kappa shape index (κ3) is 4.79. The molecule has 5 heteroatoms. The Balaban J connectivity index is 1.89. The lowest BCUT2D eigenvalue weighted by Crippen LogP contribution is -2.12. The van der Waals surface area contributed by atoms with Gasteiger partial charge in [-0.1, -0.05) is 27.7 Å². The highest BCUT2D eigenvalue weighted by Crippen LogP contribution is 2.24. The zero-order valence-corrected chi connectivity index (χ0v) is 14.0. The van der Waals surface area contributed by atoms with Gasteiger partial charge in [0.25, 0.3) is 0 Å². The molecule has 2 aromatic rings. The molecule has 2 rings (SSSR count). The number of nitrogens with zero attached hydrogens (tertiary/aromatic N) is 2. The van der Waals surface area contributed by atoms with E-state index in [4.69, 9.17) is 4.74 Å². The fourth-order valence-corrected chi connectivity index (χ4v) is 2.65. The van der Waals surface area contributed by atoms with Gasteiger partial charge in [0.2, 0.25) is 0 Å². The van der Waals surface area contributed by atoms with E-state index in [0.29, 0.717) is 6.61 Å². The standard InChI is InChI=1S/C16H23N3OS/c1-5-17-8-12-6-7-13(9-18-12)20-10-15-19-14(11-21-15)16(2,3)4/h6-7,9,11,17H,5,8,10H2,1-4H3. The van der Waals surface area contributed by atoms with Gasteiger partial charge in [0.15, 0.2) is 0 Å². The Hall–Kier alpha value is -1.46. The lowest BCUT2D eigenvalue weighted by atomic mass is 9.93. The quantitative estimate of drug-likeness (QED) is 0.887. The largest absolute Gasteiger partial charge is 0.485 e. The number of aromatic nitrogens is 2. The molecule has 0 amide bonds. The second-order valence-electron chi connectivity index (χ2n) is 5.93. The van der Waals surface area contributed by atoms with Crippen LogP contribution in [-0.4, -0.2) is 16.5 Å². The SMILES string of the molecule is CCNCc1ccc(OCc2nc(C(C)(C)C)cs2)cn1. The molecule has 0 aliphatic rings. The van der Waals surface area contributed by atoms with Crippen LogP contribution in [0.2, 0.25) is 0 Å². The van der Waals surface area contributed by atoms with E-state index < -0.39 is 0 Å². The maximum atomic E-state index is 5.74. The maximum Gasteiger partial charge on any atom is 0.140 e. The van der Waals surface area contributed by atoms with E-state index >= 15 is 0 Å². The van der Waals surface area contributed by atoms with Crippen molar-refractivity contribution in [1.29, 1.82) is 0 Å². The summed E-state index contributed by atoms with van der Waals surface area (Å²) in [6.07, 6.45) is 1.77. The summed E-state index contributed by atoms with van der Waals surface area (Å²) in [5.41, 5.74) is 2.23. The predicted octanol–water partition coefficient (Wildman–Crippen LogP) is 3.52. The minimum atomic E-state index is 0.0875. The zero-order chi connectivity index (χ0) is 15.3. The van der Waals surface area contributed by atoms with Gasteiger partial charge in [-0.3, -0.25) is 4.98 Å². The molecule has 0 aliphatic carbocycles. The second-order valence-corrected chi connectivity index (χ2v) is 6.87. The first-order valence-corrected chi connectivity index (χ1v) is 8.10. The number of nitrogens with one attached hydrogen (secondary N) is 1. The van der Waals surface area contributed by atoms with Gasteiger partial charge in [0.05, 0.1) is 17.6 Å². The first-order valence-electron chi connectivity index (χ1n) is 7.22. The number of hydrogen-bond acceptors (Lipinski definition) is 5. The van der Waals surface area contributed by atoms with Gasteiger partial charge in [-0.2, -0.15) is 0 Å². The van der Waals surface area contributed by atoms with Crippen molar-refractivity contribution in [3.63, 3.8) is 0 Å². The van der Waals surface area contributed by atoms with Gasteiger partial charge >= 0.3 is 0 Å². The molecule has 2 heterocycles. The van der Waals surface area contributed by atoms with Crippen molar-refractivity contribution in [2.45, 2.75) is 46.3 Å². The fraction of sp³-hybridized carbons (Fsp3) is 0.500. The molecule has 0 radical (unpaired) electrons. The summed E-state index contributed by atoms with van der Waals surface area (Å²) in [6.45, 7) is 10.8. The summed E-state index contributed by atoms with van der Waals surface area (Å²) < 4.78 is 5.74. The third-order valence-corrected chi connectivity index (χ3v) is 3.86. The van der Waals surface area contributed by atoms with Crippen LogP contribution in [0, 0.1) is 0 Å². The van der Waals surface area contributed by atoms with Crippen LogP contribution >= 0.6 is 11.3 Å². The van der Waals surface area contributed by atoms with Crippen molar-refractivity contribution >= 4 is 11.3 Å². The Bertz CT molecular complexity index is 558. The Morgan fingerprint density at radius 2 is 2.10 bits per heavy atom.